The van der Waals surface area contributed by atoms with Gasteiger partial charge < -0.3 is 17.7 Å². The van der Waals surface area contributed by atoms with Gasteiger partial charge in [0, 0.05) is 12.3 Å². The highest BCUT2D eigenvalue weighted by molar-refractivity contribution is 6.84. The molecule has 1 aliphatic carbocycles. The molecule has 5 nitrogen and oxygen atoms in total. The number of hydrogen-bond acceptors (Lipinski definition) is 5. The van der Waals surface area contributed by atoms with Crippen LogP contribution in [0.1, 0.15) is 61.3 Å². The van der Waals surface area contributed by atoms with E-state index in [2.05, 4.69) is 95.8 Å². The van der Waals surface area contributed by atoms with Crippen molar-refractivity contribution < 1.29 is 22.5 Å². The van der Waals surface area contributed by atoms with Crippen LogP contribution < -0.4 is 9.47 Å². The SMILES string of the molecule is COc1ccc(C2(c3ccc(OC(C)=O)c(C[Si](C)(C)O[Si](C)(C)C)c3)CCCCC2)cc1C[Si](C)(C)O[Si](C)(C)C. The lowest BCUT2D eigenvalue weighted by atomic mass is 9.65. The second-order valence-corrected chi connectivity index (χ2v) is 33.2. The Morgan fingerprint density at radius 3 is 1.52 bits per heavy atom. The summed E-state index contributed by atoms with van der Waals surface area (Å²) in [7, 11) is -5.63. The van der Waals surface area contributed by atoms with Gasteiger partial charge in [-0.25, -0.2) is 0 Å². The first-order chi connectivity index (χ1) is 19.2. The molecule has 0 unspecified atom stereocenters. The van der Waals surface area contributed by atoms with E-state index in [1.807, 2.05) is 6.07 Å². The van der Waals surface area contributed by atoms with E-state index in [0.717, 1.165) is 36.2 Å². The molecule has 1 aliphatic rings. The highest BCUT2D eigenvalue weighted by Crippen LogP contribution is 2.47. The summed E-state index contributed by atoms with van der Waals surface area (Å²) in [5.74, 6) is 1.34. The molecular weight excluding hydrogens is 589 g/mol. The van der Waals surface area contributed by atoms with Gasteiger partial charge in [0.2, 0.25) is 0 Å². The van der Waals surface area contributed by atoms with Gasteiger partial charge in [0.25, 0.3) is 0 Å². The molecule has 9 heteroatoms. The molecule has 1 fully saturated rings. The Labute approximate surface area is 260 Å². The van der Waals surface area contributed by atoms with Gasteiger partial charge in [0.15, 0.2) is 33.3 Å². The van der Waals surface area contributed by atoms with E-state index in [1.165, 1.54) is 42.9 Å². The molecule has 1 saturated carbocycles. The van der Waals surface area contributed by atoms with Crippen LogP contribution in [0.3, 0.4) is 0 Å². The second kappa shape index (κ2) is 13.2. The molecule has 0 spiro atoms. The number of hydrogen-bond donors (Lipinski definition) is 0. The Bertz CT molecular complexity index is 1240. The molecule has 0 amide bonds. The van der Waals surface area contributed by atoms with Crippen molar-refractivity contribution in [2.45, 2.75) is 122 Å². The first-order valence-corrected chi connectivity index (χ1v) is 28.7. The molecule has 0 saturated heterocycles. The van der Waals surface area contributed by atoms with E-state index in [1.54, 1.807) is 7.11 Å². The highest BCUT2D eigenvalue weighted by atomic mass is 28.4. The average molecular weight is 645 g/mol. The van der Waals surface area contributed by atoms with Crippen molar-refractivity contribution in [1.29, 1.82) is 0 Å². The van der Waals surface area contributed by atoms with Gasteiger partial charge in [0.05, 0.1) is 7.11 Å². The minimum atomic E-state index is -2.06. The minimum Gasteiger partial charge on any atom is -0.496 e. The molecule has 0 radical (unpaired) electrons. The zero-order valence-corrected chi connectivity index (χ0v) is 32.5. The predicted molar refractivity (Wildman–Crippen MR) is 186 cm³/mol. The summed E-state index contributed by atoms with van der Waals surface area (Å²) < 4.78 is 25.1. The van der Waals surface area contributed by atoms with E-state index in [0.29, 0.717) is 5.75 Å². The Kier molecular flexibility index (Phi) is 11.0. The van der Waals surface area contributed by atoms with E-state index in [4.69, 9.17) is 17.7 Å². The summed E-state index contributed by atoms with van der Waals surface area (Å²) in [6.07, 6.45) is 5.85. The van der Waals surface area contributed by atoms with E-state index in [9.17, 15) is 4.79 Å². The van der Waals surface area contributed by atoms with Crippen LogP contribution in [0.25, 0.3) is 0 Å². The lowest BCUT2D eigenvalue weighted by molar-refractivity contribution is -0.131. The van der Waals surface area contributed by atoms with Crippen molar-refractivity contribution in [2.75, 3.05) is 7.11 Å². The molecule has 0 aromatic heterocycles. The third-order valence-corrected chi connectivity index (χ3v) is 19.6. The fourth-order valence-corrected chi connectivity index (χ4v) is 23.3. The smallest absolute Gasteiger partial charge is 0.308 e. The van der Waals surface area contributed by atoms with Gasteiger partial charge in [-0.1, -0.05) is 43.5 Å². The molecule has 42 heavy (non-hydrogen) atoms. The van der Waals surface area contributed by atoms with Crippen molar-refractivity contribution in [1.82, 2.24) is 0 Å². The molecule has 2 aromatic rings. The summed E-state index contributed by atoms with van der Waals surface area (Å²) >= 11 is 0. The lowest BCUT2D eigenvalue weighted by Crippen LogP contribution is -2.44. The summed E-state index contributed by atoms with van der Waals surface area (Å²) in [5.41, 5.74) is 4.92. The number of benzene rings is 2. The Morgan fingerprint density at radius 2 is 1.12 bits per heavy atom. The molecule has 0 heterocycles. The molecule has 0 aliphatic heterocycles. The largest absolute Gasteiger partial charge is 0.496 e. The highest BCUT2D eigenvalue weighted by Gasteiger charge is 2.39. The van der Waals surface area contributed by atoms with Gasteiger partial charge >= 0.3 is 5.97 Å². The number of ether oxygens (including phenoxy) is 2. The topological polar surface area (TPSA) is 54.0 Å². The van der Waals surface area contributed by atoms with Crippen LogP contribution in [0, 0.1) is 0 Å². The molecule has 2 aromatic carbocycles. The Morgan fingerprint density at radius 1 is 0.690 bits per heavy atom. The first kappa shape index (κ1) is 35.0. The number of rotatable bonds is 12. The number of methoxy groups -OCH3 is 1. The minimum absolute atomic E-state index is 0.0978. The fourth-order valence-electron chi connectivity index (χ4n) is 7.03. The summed E-state index contributed by atoms with van der Waals surface area (Å²) in [5, 5.41) is 0. The lowest BCUT2D eigenvalue weighted by Gasteiger charge is -2.40. The van der Waals surface area contributed by atoms with Crippen LogP contribution in [0.2, 0.25) is 65.5 Å². The second-order valence-electron chi connectivity index (χ2n) is 15.4. The van der Waals surface area contributed by atoms with Crippen molar-refractivity contribution in [2.24, 2.45) is 0 Å². The molecule has 234 valence electrons. The van der Waals surface area contributed by atoms with E-state index in [-0.39, 0.29) is 11.4 Å². The third kappa shape index (κ3) is 9.75. The molecule has 3 rings (SSSR count). The maximum absolute atomic E-state index is 12.1. The number of carbonyl (C=O) groups excluding carboxylic acids is 1. The van der Waals surface area contributed by atoms with Crippen LogP contribution >= 0.6 is 0 Å². The standard InChI is InChI=1S/C33H56O5Si4/c1-26(34)36-32-19-17-30(23-28(32)25-42(11,12)38-40(6,7)8)33(20-14-13-15-21-33)29-16-18-31(35-2)27(22-29)24-41(9,10)37-39(3,4)5/h16-19,22-23H,13-15,20-21,24-25H2,1-12H3. The van der Waals surface area contributed by atoms with Crippen molar-refractivity contribution in [3.05, 3.63) is 58.7 Å². The molecule has 0 atom stereocenters. The molecule has 0 bridgehead atoms. The van der Waals surface area contributed by atoms with Crippen LogP contribution in [-0.4, -0.2) is 46.3 Å². The average Bonchev–Trinajstić information content (AvgIpc) is 2.81. The normalized spacial score (nSPS) is 16.3. The van der Waals surface area contributed by atoms with Gasteiger partial charge in [0.1, 0.15) is 11.5 Å². The third-order valence-electron chi connectivity index (χ3n) is 7.80. The summed E-state index contributed by atoms with van der Waals surface area (Å²) in [6.45, 7) is 24.3. The zero-order chi connectivity index (χ0) is 31.6. The Hall–Kier alpha value is -1.50. The van der Waals surface area contributed by atoms with Crippen LogP contribution in [0.5, 0.6) is 11.5 Å². The summed E-state index contributed by atoms with van der Waals surface area (Å²) in [4.78, 5) is 12.1. The van der Waals surface area contributed by atoms with Crippen molar-refractivity contribution >= 4 is 39.2 Å². The van der Waals surface area contributed by atoms with E-state index >= 15 is 0 Å². The van der Waals surface area contributed by atoms with E-state index < -0.39 is 33.3 Å². The van der Waals surface area contributed by atoms with Gasteiger partial charge in [-0.2, -0.15) is 0 Å². The van der Waals surface area contributed by atoms with Gasteiger partial charge in [-0.3, -0.25) is 4.79 Å². The van der Waals surface area contributed by atoms with Crippen molar-refractivity contribution in [3.8, 4) is 11.5 Å². The predicted octanol–water partition coefficient (Wildman–Crippen LogP) is 9.15. The monoisotopic (exact) mass is 644 g/mol. The molecular formula is C33H56O5Si4. The quantitative estimate of drug-likeness (QED) is 0.131. The van der Waals surface area contributed by atoms with Gasteiger partial charge in [-0.05, 0) is 125 Å². The van der Waals surface area contributed by atoms with Crippen LogP contribution in [-0.2, 0) is 30.5 Å². The van der Waals surface area contributed by atoms with Gasteiger partial charge in [-0.15, -0.1) is 0 Å². The number of esters is 1. The molecule has 0 N–H and O–H groups in total. The Balaban J connectivity index is 2.13. The summed E-state index contributed by atoms with van der Waals surface area (Å²) in [6, 6.07) is 15.2. The first-order valence-electron chi connectivity index (χ1n) is 15.6. The van der Waals surface area contributed by atoms with Crippen LogP contribution in [0.15, 0.2) is 36.4 Å². The fraction of sp³-hybridized carbons (Fsp3) is 0.606. The van der Waals surface area contributed by atoms with Crippen molar-refractivity contribution in [3.63, 3.8) is 0 Å². The maximum atomic E-state index is 12.1. The maximum Gasteiger partial charge on any atom is 0.308 e. The zero-order valence-electron chi connectivity index (χ0n) is 28.5. The van der Waals surface area contributed by atoms with Crippen LogP contribution in [0.4, 0.5) is 0 Å². The number of carbonyl (C=O) groups is 1.